The molecule has 5 rings (SSSR count). The van der Waals surface area contributed by atoms with E-state index < -0.39 is 23.2 Å². The maximum Gasteiger partial charge on any atom is 0.295 e. The summed E-state index contributed by atoms with van der Waals surface area (Å²) in [7, 11) is 3.09. The standard InChI is InChI=1S/C29H26FNO6/c1-4-5-14-36-23-12-6-17(15-24(23)35-3)26-25-27(32)21-16-18(30)7-13-22(21)37-28(25)29(33)31(26)19-8-10-20(34-2)11-9-19/h6-13,15-16,26H,4-5,14H2,1-3H3. The van der Waals surface area contributed by atoms with E-state index in [0.717, 1.165) is 18.9 Å². The number of anilines is 1. The first-order valence-corrected chi connectivity index (χ1v) is 12.0. The number of hydrogen-bond donors (Lipinski definition) is 0. The molecule has 1 aromatic heterocycles. The second-order valence-corrected chi connectivity index (χ2v) is 8.70. The summed E-state index contributed by atoms with van der Waals surface area (Å²) in [5.41, 5.74) is 0.976. The molecule has 0 N–H and O–H groups in total. The fourth-order valence-corrected chi connectivity index (χ4v) is 4.57. The van der Waals surface area contributed by atoms with Crippen LogP contribution in [0.4, 0.5) is 10.1 Å². The molecule has 0 aliphatic carbocycles. The van der Waals surface area contributed by atoms with E-state index in [0.29, 0.717) is 35.1 Å². The molecule has 1 unspecified atom stereocenters. The largest absolute Gasteiger partial charge is 0.497 e. The molecule has 0 saturated carbocycles. The van der Waals surface area contributed by atoms with Crippen molar-refractivity contribution >= 4 is 22.6 Å². The van der Waals surface area contributed by atoms with E-state index in [4.69, 9.17) is 18.6 Å². The molecule has 0 fully saturated rings. The summed E-state index contributed by atoms with van der Waals surface area (Å²) in [6.45, 7) is 2.61. The third-order valence-electron chi connectivity index (χ3n) is 6.44. The zero-order valence-electron chi connectivity index (χ0n) is 20.7. The summed E-state index contributed by atoms with van der Waals surface area (Å²) in [4.78, 5) is 28.9. The molecule has 190 valence electrons. The number of fused-ring (bicyclic) bond motifs is 2. The lowest BCUT2D eigenvalue weighted by molar-refractivity contribution is 0.0971. The fourth-order valence-electron chi connectivity index (χ4n) is 4.57. The van der Waals surface area contributed by atoms with Crippen molar-refractivity contribution in [3.8, 4) is 17.2 Å². The highest BCUT2D eigenvalue weighted by Crippen LogP contribution is 2.43. The van der Waals surface area contributed by atoms with Gasteiger partial charge >= 0.3 is 0 Å². The van der Waals surface area contributed by atoms with Crippen LogP contribution in [0.25, 0.3) is 11.0 Å². The van der Waals surface area contributed by atoms with Gasteiger partial charge in [-0.05, 0) is 66.6 Å². The molecule has 2 heterocycles. The molecule has 37 heavy (non-hydrogen) atoms. The Morgan fingerprint density at radius 2 is 1.73 bits per heavy atom. The predicted octanol–water partition coefficient (Wildman–Crippen LogP) is 5.88. The quantitative estimate of drug-likeness (QED) is 0.280. The molecule has 0 bridgehead atoms. The van der Waals surface area contributed by atoms with Crippen LogP contribution in [-0.2, 0) is 0 Å². The van der Waals surface area contributed by atoms with Gasteiger partial charge in [0.1, 0.15) is 17.1 Å². The van der Waals surface area contributed by atoms with Gasteiger partial charge in [-0.25, -0.2) is 4.39 Å². The monoisotopic (exact) mass is 503 g/mol. The summed E-state index contributed by atoms with van der Waals surface area (Å²) >= 11 is 0. The number of hydrogen-bond acceptors (Lipinski definition) is 6. The number of carbonyl (C=O) groups excluding carboxylic acids is 1. The van der Waals surface area contributed by atoms with E-state index >= 15 is 0 Å². The van der Waals surface area contributed by atoms with Gasteiger partial charge in [-0.3, -0.25) is 14.5 Å². The summed E-state index contributed by atoms with van der Waals surface area (Å²) in [5, 5.41) is 0.0691. The number of halogens is 1. The summed E-state index contributed by atoms with van der Waals surface area (Å²) in [6.07, 6.45) is 1.88. The Hall–Kier alpha value is -4.33. The summed E-state index contributed by atoms with van der Waals surface area (Å²) in [5.74, 6) is 0.536. The van der Waals surface area contributed by atoms with Crippen molar-refractivity contribution in [2.75, 3.05) is 25.7 Å². The Balaban J connectivity index is 1.70. The molecule has 1 amide bonds. The fraction of sp³-hybridized carbons (Fsp3) is 0.241. The lowest BCUT2D eigenvalue weighted by Gasteiger charge is -2.26. The van der Waals surface area contributed by atoms with Crippen LogP contribution in [0.1, 0.15) is 47.5 Å². The number of ether oxygens (including phenoxy) is 3. The molecule has 1 aliphatic heterocycles. The average Bonchev–Trinajstić information content (AvgIpc) is 3.21. The number of benzene rings is 3. The third kappa shape index (κ3) is 4.28. The van der Waals surface area contributed by atoms with Gasteiger partial charge in [0.25, 0.3) is 5.91 Å². The van der Waals surface area contributed by atoms with Crippen molar-refractivity contribution in [2.24, 2.45) is 0 Å². The molecule has 3 aromatic carbocycles. The number of rotatable bonds is 8. The summed E-state index contributed by atoms with van der Waals surface area (Å²) < 4.78 is 36.7. The first-order chi connectivity index (χ1) is 18.0. The van der Waals surface area contributed by atoms with E-state index in [2.05, 4.69) is 6.92 Å². The Labute approximate surface area is 213 Å². The highest BCUT2D eigenvalue weighted by Gasteiger charge is 2.44. The van der Waals surface area contributed by atoms with Crippen LogP contribution < -0.4 is 24.5 Å². The van der Waals surface area contributed by atoms with Crippen LogP contribution >= 0.6 is 0 Å². The maximum atomic E-state index is 14.0. The number of unbranched alkanes of at least 4 members (excludes halogenated alkanes) is 1. The first-order valence-electron chi connectivity index (χ1n) is 12.0. The van der Waals surface area contributed by atoms with Gasteiger partial charge in [-0.1, -0.05) is 19.4 Å². The molecule has 0 radical (unpaired) electrons. The first kappa shape index (κ1) is 24.4. The van der Waals surface area contributed by atoms with Gasteiger partial charge in [-0.15, -0.1) is 0 Å². The second-order valence-electron chi connectivity index (χ2n) is 8.70. The molecular formula is C29H26FNO6. The lowest BCUT2D eigenvalue weighted by atomic mass is 9.97. The number of nitrogens with zero attached hydrogens (tertiary/aromatic N) is 1. The van der Waals surface area contributed by atoms with Crippen LogP contribution in [0.5, 0.6) is 17.2 Å². The van der Waals surface area contributed by atoms with E-state index in [9.17, 15) is 14.0 Å². The van der Waals surface area contributed by atoms with E-state index in [1.165, 1.54) is 24.1 Å². The van der Waals surface area contributed by atoms with E-state index in [-0.39, 0.29) is 22.3 Å². The minimum absolute atomic E-state index is 0.0691. The molecular weight excluding hydrogens is 477 g/mol. The van der Waals surface area contributed by atoms with Crippen LogP contribution in [0.3, 0.4) is 0 Å². The molecule has 0 saturated heterocycles. The van der Waals surface area contributed by atoms with Crippen molar-refractivity contribution in [3.05, 3.63) is 93.6 Å². The van der Waals surface area contributed by atoms with Gasteiger partial charge < -0.3 is 18.6 Å². The van der Waals surface area contributed by atoms with Crippen molar-refractivity contribution in [1.29, 1.82) is 0 Å². The minimum Gasteiger partial charge on any atom is -0.497 e. The van der Waals surface area contributed by atoms with Crippen molar-refractivity contribution in [2.45, 2.75) is 25.8 Å². The molecule has 0 spiro atoms. The van der Waals surface area contributed by atoms with E-state index in [1.54, 1.807) is 49.6 Å². The van der Waals surface area contributed by atoms with Gasteiger partial charge in [-0.2, -0.15) is 0 Å². The normalized spacial score (nSPS) is 14.6. The predicted molar refractivity (Wildman–Crippen MR) is 137 cm³/mol. The topological polar surface area (TPSA) is 78.2 Å². The van der Waals surface area contributed by atoms with Gasteiger partial charge in [0.2, 0.25) is 5.76 Å². The van der Waals surface area contributed by atoms with Crippen LogP contribution in [-0.4, -0.2) is 26.7 Å². The van der Waals surface area contributed by atoms with Crippen molar-refractivity contribution in [1.82, 2.24) is 0 Å². The van der Waals surface area contributed by atoms with Gasteiger partial charge in [0.05, 0.1) is 37.8 Å². The van der Waals surface area contributed by atoms with Crippen LogP contribution in [0.2, 0.25) is 0 Å². The third-order valence-corrected chi connectivity index (χ3v) is 6.44. The number of methoxy groups -OCH3 is 2. The Bertz CT molecular complexity index is 1530. The molecule has 7 nitrogen and oxygen atoms in total. The zero-order valence-corrected chi connectivity index (χ0v) is 20.7. The molecule has 4 aromatic rings. The van der Waals surface area contributed by atoms with Crippen LogP contribution in [0, 0.1) is 5.82 Å². The average molecular weight is 504 g/mol. The maximum absolute atomic E-state index is 14.0. The minimum atomic E-state index is -0.835. The Morgan fingerprint density at radius 1 is 0.946 bits per heavy atom. The molecule has 8 heteroatoms. The van der Waals surface area contributed by atoms with Crippen molar-refractivity contribution < 1.29 is 27.8 Å². The lowest BCUT2D eigenvalue weighted by Crippen LogP contribution is -2.29. The van der Waals surface area contributed by atoms with Gasteiger partial charge in [0, 0.05) is 5.69 Å². The zero-order chi connectivity index (χ0) is 26.1. The smallest absolute Gasteiger partial charge is 0.295 e. The SMILES string of the molecule is CCCCOc1ccc(C2c3c(oc4ccc(F)cc4c3=O)C(=O)N2c2ccc(OC)cc2)cc1OC. The second kappa shape index (κ2) is 9.97. The summed E-state index contributed by atoms with van der Waals surface area (Å²) in [6, 6.07) is 15.1. The number of amides is 1. The van der Waals surface area contributed by atoms with Gasteiger partial charge in [0.15, 0.2) is 16.9 Å². The van der Waals surface area contributed by atoms with Crippen molar-refractivity contribution in [3.63, 3.8) is 0 Å². The highest BCUT2D eigenvalue weighted by atomic mass is 19.1. The van der Waals surface area contributed by atoms with E-state index in [1.807, 2.05) is 0 Å². The Morgan fingerprint density at radius 3 is 2.43 bits per heavy atom. The van der Waals surface area contributed by atoms with Crippen LogP contribution in [0.15, 0.2) is 69.9 Å². The molecule has 1 atom stereocenters. The number of carbonyl (C=O) groups is 1. The highest BCUT2D eigenvalue weighted by molar-refractivity contribution is 6.10. The Kier molecular flexibility index (Phi) is 6.56. The molecule has 1 aliphatic rings.